The van der Waals surface area contributed by atoms with Gasteiger partial charge in [0.05, 0.1) is 6.42 Å². The molecule has 0 radical (unpaired) electrons. The zero-order valence-corrected chi connectivity index (χ0v) is 11.4. The van der Waals surface area contributed by atoms with Crippen molar-refractivity contribution in [3.8, 4) is 0 Å². The van der Waals surface area contributed by atoms with Gasteiger partial charge in [0, 0.05) is 25.9 Å². The minimum atomic E-state index is 0.308. The van der Waals surface area contributed by atoms with E-state index in [-0.39, 0.29) is 0 Å². The lowest BCUT2D eigenvalue weighted by molar-refractivity contribution is -0.119. The first-order valence-electron chi connectivity index (χ1n) is 6.85. The van der Waals surface area contributed by atoms with Crippen molar-refractivity contribution < 1.29 is 4.79 Å². The summed E-state index contributed by atoms with van der Waals surface area (Å²) < 4.78 is 1.92. The summed E-state index contributed by atoms with van der Waals surface area (Å²) in [5.41, 5.74) is 0. The van der Waals surface area contributed by atoms with Gasteiger partial charge in [-0.05, 0) is 37.8 Å². The average molecular weight is 249 g/mol. The van der Waals surface area contributed by atoms with E-state index in [1.54, 1.807) is 6.20 Å². The molecule has 1 aliphatic rings. The first kappa shape index (κ1) is 13.3. The molecular formula is C14H23N3O. The summed E-state index contributed by atoms with van der Waals surface area (Å²) in [5, 5.41) is 3.42. The highest BCUT2D eigenvalue weighted by atomic mass is 16.1. The fourth-order valence-corrected chi connectivity index (χ4v) is 2.71. The molecule has 0 saturated carbocycles. The van der Waals surface area contributed by atoms with E-state index in [2.05, 4.69) is 17.2 Å². The number of rotatable bonds is 5. The van der Waals surface area contributed by atoms with Crippen molar-refractivity contribution in [3.05, 3.63) is 18.2 Å². The third-order valence-electron chi connectivity index (χ3n) is 3.97. The van der Waals surface area contributed by atoms with E-state index in [0.717, 1.165) is 18.9 Å². The van der Waals surface area contributed by atoms with E-state index in [0.29, 0.717) is 30.5 Å². The van der Waals surface area contributed by atoms with E-state index in [9.17, 15) is 4.79 Å². The second-order valence-corrected chi connectivity index (χ2v) is 5.46. The Hall–Kier alpha value is -1.16. The first-order chi connectivity index (χ1) is 8.66. The summed E-state index contributed by atoms with van der Waals surface area (Å²) in [7, 11) is 1.93. The number of nitrogens with one attached hydrogen (secondary N) is 1. The van der Waals surface area contributed by atoms with Crippen LogP contribution in [-0.2, 0) is 18.3 Å². The number of hydrogen-bond donors (Lipinski definition) is 1. The van der Waals surface area contributed by atoms with Gasteiger partial charge in [0.15, 0.2) is 0 Å². The molecule has 2 heterocycles. The standard InChI is InChI=1S/C14H23N3O/c1-11(12-4-3-5-15-10-12)8-13(18)9-14-16-6-7-17(14)2/h6-7,11-12,15H,3-5,8-10H2,1-2H3. The lowest BCUT2D eigenvalue weighted by Crippen LogP contribution is -2.34. The van der Waals surface area contributed by atoms with E-state index in [1.807, 2.05) is 17.8 Å². The Morgan fingerprint density at radius 1 is 1.67 bits per heavy atom. The van der Waals surface area contributed by atoms with Gasteiger partial charge in [-0.25, -0.2) is 4.98 Å². The molecule has 18 heavy (non-hydrogen) atoms. The molecule has 1 aromatic rings. The van der Waals surface area contributed by atoms with Crippen LogP contribution in [0, 0.1) is 11.8 Å². The number of nitrogens with zero attached hydrogens (tertiary/aromatic N) is 2. The Bertz CT molecular complexity index is 393. The van der Waals surface area contributed by atoms with Gasteiger partial charge in [-0.1, -0.05) is 6.92 Å². The van der Waals surface area contributed by atoms with Crippen LogP contribution in [-0.4, -0.2) is 28.4 Å². The van der Waals surface area contributed by atoms with Crippen molar-refractivity contribution >= 4 is 5.78 Å². The molecule has 0 bridgehead atoms. The smallest absolute Gasteiger partial charge is 0.140 e. The number of aromatic nitrogens is 2. The SMILES string of the molecule is CC(CC(=O)Cc1nccn1C)C1CCCNC1. The van der Waals surface area contributed by atoms with Crippen LogP contribution in [0.4, 0.5) is 0 Å². The van der Waals surface area contributed by atoms with Crippen LogP contribution < -0.4 is 5.32 Å². The summed E-state index contributed by atoms with van der Waals surface area (Å²) in [4.78, 5) is 16.2. The molecule has 0 aliphatic carbocycles. The second kappa shape index (κ2) is 6.14. The number of ketones is 1. The number of aryl methyl sites for hydroxylation is 1. The highest BCUT2D eigenvalue weighted by Crippen LogP contribution is 2.23. The zero-order valence-electron chi connectivity index (χ0n) is 11.4. The van der Waals surface area contributed by atoms with Gasteiger partial charge in [0.1, 0.15) is 11.6 Å². The quantitative estimate of drug-likeness (QED) is 0.861. The molecule has 1 aliphatic heterocycles. The van der Waals surface area contributed by atoms with Crippen molar-refractivity contribution in [2.24, 2.45) is 18.9 Å². The molecule has 2 unspecified atom stereocenters. The molecule has 0 aromatic carbocycles. The topological polar surface area (TPSA) is 46.9 Å². The summed E-state index contributed by atoms with van der Waals surface area (Å²) in [6.45, 7) is 4.40. The third-order valence-corrected chi connectivity index (χ3v) is 3.97. The minimum absolute atomic E-state index is 0.308. The molecule has 0 amide bonds. The summed E-state index contributed by atoms with van der Waals surface area (Å²) >= 11 is 0. The average Bonchev–Trinajstić information content (AvgIpc) is 2.76. The van der Waals surface area contributed by atoms with Crippen LogP contribution in [0.2, 0.25) is 0 Å². The lowest BCUT2D eigenvalue weighted by Gasteiger charge is -2.27. The number of carbonyl (C=O) groups is 1. The highest BCUT2D eigenvalue weighted by Gasteiger charge is 2.22. The summed E-state index contributed by atoms with van der Waals surface area (Å²) in [6.07, 6.45) is 7.27. The molecule has 100 valence electrons. The van der Waals surface area contributed by atoms with E-state index in [4.69, 9.17) is 0 Å². The number of piperidine rings is 1. The van der Waals surface area contributed by atoms with E-state index >= 15 is 0 Å². The molecule has 1 aromatic heterocycles. The maximum absolute atomic E-state index is 12.0. The Morgan fingerprint density at radius 2 is 2.50 bits per heavy atom. The Labute approximate surface area is 109 Å². The molecule has 2 atom stereocenters. The van der Waals surface area contributed by atoms with Crippen LogP contribution in [0.3, 0.4) is 0 Å². The monoisotopic (exact) mass is 249 g/mol. The van der Waals surface area contributed by atoms with Gasteiger partial charge in [-0.2, -0.15) is 0 Å². The molecule has 1 N–H and O–H groups in total. The molecule has 0 spiro atoms. The summed E-state index contributed by atoms with van der Waals surface area (Å²) in [6, 6.07) is 0. The van der Waals surface area contributed by atoms with Gasteiger partial charge in [0.2, 0.25) is 0 Å². The largest absolute Gasteiger partial charge is 0.338 e. The molecule has 1 fully saturated rings. The Balaban J connectivity index is 1.81. The Morgan fingerprint density at radius 3 is 3.11 bits per heavy atom. The molecule has 1 saturated heterocycles. The number of carbonyl (C=O) groups excluding carboxylic acids is 1. The third kappa shape index (κ3) is 3.42. The maximum Gasteiger partial charge on any atom is 0.140 e. The normalized spacial score (nSPS) is 21.8. The first-order valence-corrected chi connectivity index (χ1v) is 6.85. The molecule has 2 rings (SSSR count). The highest BCUT2D eigenvalue weighted by molar-refractivity contribution is 5.80. The van der Waals surface area contributed by atoms with Gasteiger partial charge in [-0.3, -0.25) is 4.79 Å². The Kier molecular flexibility index (Phi) is 4.53. The lowest BCUT2D eigenvalue weighted by atomic mass is 9.84. The fourth-order valence-electron chi connectivity index (χ4n) is 2.71. The van der Waals surface area contributed by atoms with Crippen LogP contribution >= 0.6 is 0 Å². The number of Topliss-reactive ketones (excluding diaryl/α,β-unsaturated/α-hetero) is 1. The van der Waals surface area contributed by atoms with Crippen molar-refractivity contribution in [3.63, 3.8) is 0 Å². The van der Waals surface area contributed by atoms with E-state index < -0.39 is 0 Å². The van der Waals surface area contributed by atoms with E-state index in [1.165, 1.54) is 12.8 Å². The van der Waals surface area contributed by atoms with Crippen molar-refractivity contribution in [1.82, 2.24) is 14.9 Å². The van der Waals surface area contributed by atoms with Crippen LogP contribution in [0.1, 0.15) is 32.0 Å². The predicted octanol–water partition coefficient (Wildman–Crippen LogP) is 1.56. The molecule has 4 heteroatoms. The van der Waals surface area contributed by atoms with Crippen LogP contribution in [0.5, 0.6) is 0 Å². The number of hydrogen-bond acceptors (Lipinski definition) is 3. The molecule has 4 nitrogen and oxygen atoms in total. The van der Waals surface area contributed by atoms with Crippen molar-refractivity contribution in [2.45, 2.75) is 32.6 Å². The van der Waals surface area contributed by atoms with Gasteiger partial charge in [0.25, 0.3) is 0 Å². The van der Waals surface area contributed by atoms with Gasteiger partial charge in [-0.15, -0.1) is 0 Å². The predicted molar refractivity (Wildman–Crippen MR) is 71.3 cm³/mol. The van der Waals surface area contributed by atoms with Crippen LogP contribution in [0.15, 0.2) is 12.4 Å². The van der Waals surface area contributed by atoms with Gasteiger partial charge >= 0.3 is 0 Å². The molecular weight excluding hydrogens is 226 g/mol. The number of imidazole rings is 1. The van der Waals surface area contributed by atoms with Crippen molar-refractivity contribution in [2.75, 3.05) is 13.1 Å². The fraction of sp³-hybridized carbons (Fsp3) is 0.714. The van der Waals surface area contributed by atoms with Crippen LogP contribution in [0.25, 0.3) is 0 Å². The maximum atomic E-state index is 12.0. The summed E-state index contributed by atoms with van der Waals surface area (Å²) in [5.74, 6) is 2.31. The second-order valence-electron chi connectivity index (χ2n) is 5.46. The zero-order chi connectivity index (χ0) is 13.0. The van der Waals surface area contributed by atoms with Gasteiger partial charge < -0.3 is 9.88 Å². The minimum Gasteiger partial charge on any atom is -0.338 e. The van der Waals surface area contributed by atoms with Crippen molar-refractivity contribution in [1.29, 1.82) is 0 Å².